The number of ether oxygens (including phenoxy) is 1. The van der Waals surface area contributed by atoms with Crippen LogP contribution in [0.3, 0.4) is 0 Å². The Morgan fingerprint density at radius 2 is 1.65 bits per heavy atom. The molecule has 2 aromatic rings. The molecular weight excluding hydrogens is 290 g/mol. The Hall–Kier alpha value is -2.62. The number of carbonyl (C=O) groups is 2. The van der Waals surface area contributed by atoms with Crippen LogP contribution in [0.1, 0.15) is 35.3 Å². The molecule has 0 saturated heterocycles. The Balaban J connectivity index is 1.86. The predicted molar refractivity (Wildman–Crippen MR) is 90.6 cm³/mol. The molecule has 4 nitrogen and oxygen atoms in total. The van der Waals surface area contributed by atoms with Crippen LogP contribution in [0, 0.1) is 0 Å². The van der Waals surface area contributed by atoms with E-state index in [4.69, 9.17) is 4.74 Å². The van der Waals surface area contributed by atoms with Crippen LogP contribution in [-0.2, 0) is 22.4 Å². The largest absolute Gasteiger partial charge is 0.452 e. The number of rotatable bonds is 6. The fourth-order valence-electron chi connectivity index (χ4n) is 2.16. The van der Waals surface area contributed by atoms with Crippen LogP contribution >= 0.6 is 0 Å². The van der Waals surface area contributed by atoms with Crippen molar-refractivity contribution >= 4 is 17.6 Å². The van der Waals surface area contributed by atoms with Crippen LogP contribution in [-0.4, -0.2) is 18.5 Å². The zero-order chi connectivity index (χ0) is 16.7. The van der Waals surface area contributed by atoms with E-state index in [0.717, 1.165) is 24.0 Å². The van der Waals surface area contributed by atoms with Gasteiger partial charge in [-0.25, -0.2) is 4.79 Å². The molecule has 0 atom stereocenters. The van der Waals surface area contributed by atoms with Crippen molar-refractivity contribution in [3.63, 3.8) is 0 Å². The van der Waals surface area contributed by atoms with Crippen LogP contribution < -0.4 is 5.32 Å². The number of aryl methyl sites for hydroxylation is 2. The lowest BCUT2D eigenvalue weighted by atomic mass is 10.1. The van der Waals surface area contributed by atoms with Crippen molar-refractivity contribution in [2.24, 2.45) is 0 Å². The van der Waals surface area contributed by atoms with E-state index in [0.29, 0.717) is 11.3 Å². The van der Waals surface area contributed by atoms with E-state index in [1.54, 1.807) is 12.1 Å². The highest BCUT2D eigenvalue weighted by atomic mass is 16.5. The minimum atomic E-state index is -0.495. The molecule has 0 fully saturated rings. The van der Waals surface area contributed by atoms with Gasteiger partial charge in [0.25, 0.3) is 5.91 Å². The van der Waals surface area contributed by atoms with Gasteiger partial charge in [-0.3, -0.25) is 4.79 Å². The summed E-state index contributed by atoms with van der Waals surface area (Å²) >= 11 is 0. The van der Waals surface area contributed by atoms with Crippen molar-refractivity contribution in [1.29, 1.82) is 0 Å². The van der Waals surface area contributed by atoms with Gasteiger partial charge in [0.15, 0.2) is 6.61 Å². The summed E-state index contributed by atoms with van der Waals surface area (Å²) in [4.78, 5) is 23.8. The summed E-state index contributed by atoms with van der Waals surface area (Å²) in [5.74, 6) is -0.845. The number of amides is 1. The molecule has 4 heteroatoms. The normalized spacial score (nSPS) is 10.2. The quantitative estimate of drug-likeness (QED) is 0.829. The highest BCUT2D eigenvalue weighted by Gasteiger charge is 2.10. The third-order valence-electron chi connectivity index (χ3n) is 3.55. The Kier molecular flexibility index (Phi) is 5.92. The SMILES string of the molecule is CCc1ccc(C(=O)OCC(=O)Nc2cccc(CC)c2)cc1. The smallest absolute Gasteiger partial charge is 0.338 e. The Morgan fingerprint density at radius 1 is 0.957 bits per heavy atom. The van der Waals surface area contributed by atoms with Gasteiger partial charge in [0.1, 0.15) is 0 Å². The van der Waals surface area contributed by atoms with Crippen LogP contribution in [0.2, 0.25) is 0 Å². The molecule has 120 valence electrons. The molecule has 0 aliphatic heterocycles. The molecule has 0 unspecified atom stereocenters. The third-order valence-corrected chi connectivity index (χ3v) is 3.55. The van der Waals surface area contributed by atoms with Crippen molar-refractivity contribution in [3.8, 4) is 0 Å². The van der Waals surface area contributed by atoms with Gasteiger partial charge >= 0.3 is 5.97 Å². The number of benzene rings is 2. The number of hydrogen-bond acceptors (Lipinski definition) is 3. The van der Waals surface area contributed by atoms with Crippen LogP contribution in [0.25, 0.3) is 0 Å². The molecular formula is C19H21NO3. The van der Waals surface area contributed by atoms with Crippen molar-refractivity contribution < 1.29 is 14.3 Å². The Labute approximate surface area is 136 Å². The molecule has 1 amide bonds. The first kappa shape index (κ1) is 16.7. The molecule has 0 saturated carbocycles. The fraction of sp³-hybridized carbons (Fsp3) is 0.263. The lowest BCUT2D eigenvalue weighted by molar-refractivity contribution is -0.119. The summed E-state index contributed by atoms with van der Waals surface area (Å²) in [6.07, 6.45) is 1.81. The van der Waals surface area contributed by atoms with Gasteiger partial charge in [-0.15, -0.1) is 0 Å². The second kappa shape index (κ2) is 8.13. The molecule has 0 aromatic heterocycles. The molecule has 0 bridgehead atoms. The molecule has 1 N–H and O–H groups in total. The number of carbonyl (C=O) groups excluding carboxylic acids is 2. The van der Waals surface area contributed by atoms with Crippen LogP contribution in [0.4, 0.5) is 5.69 Å². The molecule has 23 heavy (non-hydrogen) atoms. The highest BCUT2D eigenvalue weighted by Crippen LogP contribution is 2.11. The second-order valence-corrected chi connectivity index (χ2v) is 5.23. The standard InChI is InChI=1S/C19H21NO3/c1-3-14-8-10-16(11-9-14)19(22)23-13-18(21)20-17-7-5-6-15(4-2)12-17/h5-12H,3-4,13H2,1-2H3,(H,20,21). The summed E-state index contributed by atoms with van der Waals surface area (Å²) in [5, 5.41) is 2.73. The zero-order valence-electron chi connectivity index (χ0n) is 13.5. The van der Waals surface area contributed by atoms with Crippen molar-refractivity contribution in [1.82, 2.24) is 0 Å². The van der Waals surface area contributed by atoms with Gasteiger partial charge in [-0.1, -0.05) is 38.1 Å². The van der Waals surface area contributed by atoms with E-state index < -0.39 is 5.97 Å². The van der Waals surface area contributed by atoms with Gasteiger partial charge in [-0.05, 0) is 48.2 Å². The number of hydrogen-bond donors (Lipinski definition) is 1. The highest BCUT2D eigenvalue weighted by molar-refractivity contribution is 5.95. The summed E-state index contributed by atoms with van der Waals surface area (Å²) in [7, 11) is 0. The van der Waals surface area contributed by atoms with Crippen molar-refractivity contribution in [2.75, 3.05) is 11.9 Å². The maximum absolute atomic E-state index is 11.9. The van der Waals surface area contributed by atoms with E-state index in [1.165, 1.54) is 0 Å². The first-order valence-electron chi connectivity index (χ1n) is 7.77. The summed E-state index contributed by atoms with van der Waals surface area (Å²) in [6.45, 7) is 3.79. The fourth-order valence-corrected chi connectivity index (χ4v) is 2.16. The van der Waals surface area contributed by atoms with Gasteiger partial charge in [0.05, 0.1) is 5.56 Å². The predicted octanol–water partition coefficient (Wildman–Crippen LogP) is 3.61. The lowest BCUT2D eigenvalue weighted by Crippen LogP contribution is -2.21. The monoisotopic (exact) mass is 311 g/mol. The number of nitrogens with one attached hydrogen (secondary N) is 1. The van der Waals surface area contributed by atoms with Crippen LogP contribution in [0.5, 0.6) is 0 Å². The first-order valence-corrected chi connectivity index (χ1v) is 7.77. The van der Waals surface area contributed by atoms with Gasteiger partial charge in [0, 0.05) is 5.69 Å². The minimum absolute atomic E-state index is 0.301. The summed E-state index contributed by atoms with van der Waals surface area (Å²) < 4.78 is 5.04. The van der Waals surface area contributed by atoms with Gasteiger partial charge < -0.3 is 10.1 Å². The molecule has 0 radical (unpaired) electrons. The topological polar surface area (TPSA) is 55.4 Å². The Morgan fingerprint density at radius 3 is 2.30 bits per heavy atom. The van der Waals surface area contributed by atoms with Crippen molar-refractivity contribution in [2.45, 2.75) is 26.7 Å². The van der Waals surface area contributed by atoms with E-state index in [9.17, 15) is 9.59 Å². The van der Waals surface area contributed by atoms with Crippen LogP contribution in [0.15, 0.2) is 48.5 Å². The number of esters is 1. The average molecular weight is 311 g/mol. The van der Waals surface area contributed by atoms with E-state index >= 15 is 0 Å². The van der Waals surface area contributed by atoms with Gasteiger partial charge in [0.2, 0.25) is 0 Å². The second-order valence-electron chi connectivity index (χ2n) is 5.23. The molecule has 2 rings (SSSR count). The number of anilines is 1. The van der Waals surface area contributed by atoms with E-state index in [2.05, 4.69) is 5.32 Å². The molecule has 2 aromatic carbocycles. The maximum atomic E-state index is 11.9. The molecule has 0 aliphatic carbocycles. The summed E-state index contributed by atoms with van der Waals surface area (Å²) in [5.41, 5.74) is 3.44. The van der Waals surface area contributed by atoms with Gasteiger partial charge in [-0.2, -0.15) is 0 Å². The molecule has 0 heterocycles. The van der Waals surface area contributed by atoms with E-state index in [-0.39, 0.29) is 12.5 Å². The third kappa shape index (κ3) is 4.95. The maximum Gasteiger partial charge on any atom is 0.338 e. The van der Waals surface area contributed by atoms with E-state index in [1.807, 2.05) is 50.2 Å². The zero-order valence-corrected chi connectivity index (χ0v) is 13.5. The average Bonchev–Trinajstić information content (AvgIpc) is 2.60. The Bertz CT molecular complexity index is 677. The summed E-state index contributed by atoms with van der Waals surface area (Å²) in [6, 6.07) is 14.8. The lowest BCUT2D eigenvalue weighted by Gasteiger charge is -2.08. The van der Waals surface area contributed by atoms with Crippen molar-refractivity contribution in [3.05, 3.63) is 65.2 Å². The minimum Gasteiger partial charge on any atom is -0.452 e. The molecule has 0 aliphatic rings. The molecule has 0 spiro atoms. The first-order chi connectivity index (χ1) is 11.1.